The largest absolute Gasteiger partial charge is 0.385 e. The minimum absolute atomic E-state index is 0.0134. The number of pyridine rings is 1. The second-order valence-electron chi connectivity index (χ2n) is 9.08. The van der Waals surface area contributed by atoms with Gasteiger partial charge >= 0.3 is 0 Å². The number of aliphatic hydroxyl groups is 1. The fourth-order valence-electron chi connectivity index (χ4n) is 4.73. The standard InChI is InChI=1S/C28H23ClN4O4S/c1-30-24-18-20(32-38(36,37)25-10-4-6-19-7-5-15-31-26(19)25)11-12-21(24)27(34)33-16-13-28(35,14-17-33)22-8-2-3-9-23(22)29/h2-12,15,18,32,35H,13-14,16-17H2. The van der Waals surface area contributed by atoms with E-state index in [1.54, 1.807) is 47.4 Å². The van der Waals surface area contributed by atoms with Gasteiger partial charge in [-0.2, -0.15) is 0 Å². The first kappa shape index (κ1) is 25.7. The van der Waals surface area contributed by atoms with Crippen molar-refractivity contribution in [3.05, 3.63) is 107 Å². The van der Waals surface area contributed by atoms with Gasteiger partial charge in [-0.3, -0.25) is 14.5 Å². The Bertz CT molecular complexity index is 1690. The van der Waals surface area contributed by atoms with Crippen LogP contribution >= 0.6 is 11.6 Å². The number of likely N-dealkylation sites (tertiary alicyclic amines) is 1. The number of carbonyl (C=O) groups is 1. The highest BCUT2D eigenvalue weighted by atomic mass is 35.5. The second kappa shape index (κ2) is 10.1. The van der Waals surface area contributed by atoms with Gasteiger partial charge in [-0.25, -0.2) is 13.3 Å². The molecule has 0 bridgehead atoms. The predicted octanol–water partition coefficient (Wildman–Crippen LogP) is 5.36. The molecule has 1 aliphatic rings. The molecular formula is C28H23ClN4O4S. The van der Waals surface area contributed by atoms with Gasteiger partial charge in [-0.1, -0.05) is 54.1 Å². The number of piperidine rings is 1. The molecule has 1 aromatic heterocycles. The number of sulfonamides is 1. The first-order valence-corrected chi connectivity index (χ1v) is 13.7. The van der Waals surface area contributed by atoms with E-state index in [0.717, 1.165) is 0 Å². The topological polar surface area (TPSA) is 104 Å². The molecule has 0 atom stereocenters. The smallest absolute Gasteiger partial charge is 0.264 e. The van der Waals surface area contributed by atoms with Crippen LogP contribution in [0.1, 0.15) is 28.8 Å². The minimum Gasteiger partial charge on any atom is -0.385 e. The first-order valence-electron chi connectivity index (χ1n) is 11.9. The van der Waals surface area contributed by atoms with E-state index in [9.17, 15) is 18.3 Å². The van der Waals surface area contributed by atoms with Gasteiger partial charge in [0.15, 0.2) is 0 Å². The normalized spacial score (nSPS) is 15.1. The number of para-hydroxylation sites is 1. The van der Waals surface area contributed by atoms with E-state index in [2.05, 4.69) is 14.6 Å². The number of benzene rings is 3. The molecule has 1 fully saturated rings. The lowest BCUT2D eigenvalue weighted by Crippen LogP contribution is -2.45. The van der Waals surface area contributed by atoms with Crippen molar-refractivity contribution in [2.45, 2.75) is 23.3 Å². The summed E-state index contributed by atoms with van der Waals surface area (Å²) in [5, 5.41) is 12.3. The van der Waals surface area contributed by atoms with Gasteiger partial charge in [0.25, 0.3) is 10.0 Å². The number of carbonyl (C=O) groups excluding carboxylic acids is 1. The Labute approximate surface area is 225 Å². The van der Waals surface area contributed by atoms with Crippen molar-refractivity contribution in [3.8, 4) is 0 Å². The van der Waals surface area contributed by atoms with Crippen molar-refractivity contribution in [2.75, 3.05) is 17.8 Å². The number of anilines is 1. The van der Waals surface area contributed by atoms with Crippen LogP contribution in [0.25, 0.3) is 15.7 Å². The molecule has 2 heterocycles. The number of hydrogen-bond donors (Lipinski definition) is 2. The van der Waals surface area contributed by atoms with E-state index in [-0.39, 0.29) is 40.8 Å². The molecule has 5 rings (SSSR count). The minimum atomic E-state index is -4.01. The molecule has 0 radical (unpaired) electrons. The monoisotopic (exact) mass is 546 g/mol. The number of nitrogens with zero attached hydrogens (tertiary/aromatic N) is 3. The Morgan fingerprint density at radius 2 is 1.79 bits per heavy atom. The lowest BCUT2D eigenvalue weighted by Gasteiger charge is -2.39. The van der Waals surface area contributed by atoms with Crippen LogP contribution in [-0.2, 0) is 15.6 Å². The van der Waals surface area contributed by atoms with Gasteiger partial charge in [-0.05, 0) is 43.2 Å². The van der Waals surface area contributed by atoms with Crippen LogP contribution in [0.2, 0.25) is 5.02 Å². The summed E-state index contributed by atoms with van der Waals surface area (Å²) >= 11 is 6.28. The van der Waals surface area contributed by atoms with Gasteiger partial charge in [0.1, 0.15) is 4.90 Å². The molecular weight excluding hydrogens is 524 g/mol. The molecule has 4 aromatic rings. The van der Waals surface area contributed by atoms with E-state index >= 15 is 0 Å². The Morgan fingerprint density at radius 1 is 1.05 bits per heavy atom. The Kier molecular flexibility index (Phi) is 6.80. The molecule has 192 valence electrons. The average molecular weight is 547 g/mol. The van der Waals surface area contributed by atoms with E-state index in [1.807, 2.05) is 6.07 Å². The third-order valence-corrected chi connectivity index (χ3v) is 8.48. The summed E-state index contributed by atoms with van der Waals surface area (Å²) in [6.45, 7) is 8.16. The van der Waals surface area contributed by atoms with Crippen LogP contribution in [0.3, 0.4) is 0 Å². The summed E-state index contributed by atoms with van der Waals surface area (Å²) < 4.78 is 28.8. The molecule has 38 heavy (non-hydrogen) atoms. The molecule has 8 nitrogen and oxygen atoms in total. The van der Waals surface area contributed by atoms with Crippen LogP contribution in [0.15, 0.2) is 83.9 Å². The molecule has 10 heteroatoms. The maximum Gasteiger partial charge on any atom is 0.264 e. The van der Waals surface area contributed by atoms with E-state index in [0.29, 0.717) is 34.3 Å². The molecule has 3 aromatic carbocycles. The zero-order chi connectivity index (χ0) is 26.9. The van der Waals surface area contributed by atoms with Crippen LogP contribution in [-0.4, -0.2) is 42.4 Å². The lowest BCUT2D eigenvalue weighted by molar-refractivity contribution is -0.0210. The molecule has 1 saturated heterocycles. The highest BCUT2D eigenvalue weighted by molar-refractivity contribution is 7.93. The van der Waals surface area contributed by atoms with Gasteiger partial charge in [0, 0.05) is 46.5 Å². The number of halogens is 1. The maximum absolute atomic E-state index is 13.3. The number of hydrogen-bond acceptors (Lipinski definition) is 5. The highest BCUT2D eigenvalue weighted by Crippen LogP contribution is 2.37. The summed E-state index contributed by atoms with van der Waals surface area (Å²) in [7, 11) is -4.01. The molecule has 1 amide bonds. The van der Waals surface area contributed by atoms with E-state index in [4.69, 9.17) is 18.2 Å². The van der Waals surface area contributed by atoms with Crippen LogP contribution in [0.5, 0.6) is 0 Å². The average Bonchev–Trinajstić information content (AvgIpc) is 2.92. The summed E-state index contributed by atoms with van der Waals surface area (Å²) in [4.78, 5) is 22.6. The van der Waals surface area contributed by atoms with Gasteiger partial charge < -0.3 is 10.0 Å². The van der Waals surface area contributed by atoms with E-state index in [1.165, 1.54) is 30.5 Å². The maximum atomic E-state index is 13.3. The Hall–Kier alpha value is -3.97. The zero-order valence-electron chi connectivity index (χ0n) is 20.1. The van der Waals surface area contributed by atoms with Crippen molar-refractivity contribution in [2.24, 2.45) is 0 Å². The fraction of sp³-hybridized carbons (Fsp3) is 0.179. The summed E-state index contributed by atoms with van der Waals surface area (Å²) in [5.41, 5.74) is 0.176. The van der Waals surface area contributed by atoms with Crippen molar-refractivity contribution in [1.82, 2.24) is 9.88 Å². The summed E-state index contributed by atoms with van der Waals surface area (Å²) in [6, 6.07) is 19.7. The summed E-state index contributed by atoms with van der Waals surface area (Å²) in [5.74, 6) is -0.357. The SMILES string of the molecule is [C-]#[N+]c1cc(NS(=O)(=O)c2cccc3cccnc23)ccc1C(=O)N1CCC(O)(c2ccccc2Cl)CC1. The Balaban J connectivity index is 1.35. The van der Waals surface area contributed by atoms with Gasteiger partial charge in [-0.15, -0.1) is 0 Å². The number of rotatable bonds is 5. The van der Waals surface area contributed by atoms with Crippen molar-refractivity contribution in [3.63, 3.8) is 0 Å². The first-order chi connectivity index (χ1) is 18.2. The zero-order valence-corrected chi connectivity index (χ0v) is 21.7. The molecule has 0 aliphatic carbocycles. The number of nitrogens with one attached hydrogen (secondary N) is 1. The van der Waals surface area contributed by atoms with Crippen molar-refractivity contribution >= 4 is 49.8 Å². The predicted molar refractivity (Wildman–Crippen MR) is 146 cm³/mol. The van der Waals surface area contributed by atoms with E-state index < -0.39 is 15.6 Å². The van der Waals surface area contributed by atoms with Gasteiger partial charge in [0.2, 0.25) is 11.6 Å². The lowest BCUT2D eigenvalue weighted by atomic mass is 9.84. The van der Waals surface area contributed by atoms with Crippen LogP contribution in [0.4, 0.5) is 11.4 Å². The fourth-order valence-corrected chi connectivity index (χ4v) is 6.27. The molecule has 1 aliphatic heterocycles. The third-order valence-electron chi connectivity index (χ3n) is 6.74. The quantitative estimate of drug-likeness (QED) is 0.328. The second-order valence-corrected chi connectivity index (χ2v) is 11.1. The molecule has 0 saturated carbocycles. The van der Waals surface area contributed by atoms with Crippen LogP contribution in [0, 0.1) is 6.57 Å². The molecule has 0 spiro atoms. The molecule has 2 N–H and O–H groups in total. The Morgan fingerprint density at radius 3 is 2.53 bits per heavy atom. The number of amides is 1. The van der Waals surface area contributed by atoms with Crippen LogP contribution < -0.4 is 4.72 Å². The summed E-state index contributed by atoms with van der Waals surface area (Å²) in [6.07, 6.45) is 2.12. The molecule has 0 unspecified atom stereocenters. The van der Waals surface area contributed by atoms with Crippen molar-refractivity contribution < 1.29 is 18.3 Å². The van der Waals surface area contributed by atoms with Crippen molar-refractivity contribution in [1.29, 1.82) is 0 Å². The number of aromatic nitrogens is 1. The van der Waals surface area contributed by atoms with Gasteiger partial charge in [0.05, 0.1) is 17.7 Å². The third kappa shape index (κ3) is 4.82. The number of fused-ring (bicyclic) bond motifs is 1. The highest BCUT2D eigenvalue weighted by Gasteiger charge is 2.37.